The summed E-state index contributed by atoms with van der Waals surface area (Å²) in [4.78, 5) is 21.5. The van der Waals surface area contributed by atoms with E-state index in [1.165, 1.54) is 24.4 Å². The Bertz CT molecular complexity index is 1500. The molecule has 0 bridgehead atoms. The SMILES string of the molecule is Cc1ccc(Oc2nc(-c3cnn(CC(C)C)c3)ccc2C(=O)NS(=O)(=O)c2ccccn2)c(C)c1. The van der Waals surface area contributed by atoms with Gasteiger partial charge in [0.2, 0.25) is 5.88 Å². The zero-order chi connectivity index (χ0) is 25.9. The molecule has 9 nitrogen and oxygen atoms in total. The molecule has 0 fully saturated rings. The summed E-state index contributed by atoms with van der Waals surface area (Å²) in [6.07, 6.45) is 4.90. The summed E-state index contributed by atoms with van der Waals surface area (Å²) in [6.45, 7) is 8.79. The number of amides is 1. The Morgan fingerprint density at radius 3 is 2.61 bits per heavy atom. The normalized spacial score (nSPS) is 11.5. The number of carbonyl (C=O) groups excluding carboxylic acids is 1. The second-order valence-electron chi connectivity index (χ2n) is 8.87. The number of carbonyl (C=O) groups is 1. The summed E-state index contributed by atoms with van der Waals surface area (Å²) < 4.78 is 35.3. The van der Waals surface area contributed by atoms with Crippen LogP contribution < -0.4 is 9.46 Å². The molecule has 36 heavy (non-hydrogen) atoms. The molecule has 0 radical (unpaired) electrons. The van der Waals surface area contributed by atoms with Crippen LogP contribution in [0, 0.1) is 19.8 Å². The van der Waals surface area contributed by atoms with Crippen LogP contribution in [0.5, 0.6) is 11.6 Å². The van der Waals surface area contributed by atoms with Crippen LogP contribution in [0.3, 0.4) is 0 Å². The molecule has 0 aliphatic heterocycles. The molecule has 4 aromatic rings. The number of benzene rings is 1. The zero-order valence-corrected chi connectivity index (χ0v) is 21.3. The Morgan fingerprint density at radius 2 is 1.92 bits per heavy atom. The fraction of sp³-hybridized carbons (Fsp3) is 0.231. The lowest BCUT2D eigenvalue weighted by atomic mass is 10.1. The molecule has 1 aromatic carbocycles. The highest BCUT2D eigenvalue weighted by atomic mass is 32.2. The number of rotatable bonds is 8. The van der Waals surface area contributed by atoms with E-state index in [0.717, 1.165) is 23.2 Å². The molecule has 0 atom stereocenters. The maximum Gasteiger partial charge on any atom is 0.281 e. The van der Waals surface area contributed by atoms with Crippen LogP contribution in [-0.4, -0.2) is 34.1 Å². The van der Waals surface area contributed by atoms with Crippen molar-refractivity contribution in [1.29, 1.82) is 0 Å². The third kappa shape index (κ3) is 5.77. The molecule has 3 heterocycles. The van der Waals surface area contributed by atoms with Crippen LogP contribution in [0.1, 0.15) is 35.3 Å². The lowest BCUT2D eigenvalue weighted by Crippen LogP contribution is -2.31. The zero-order valence-electron chi connectivity index (χ0n) is 20.5. The first-order valence-electron chi connectivity index (χ1n) is 11.4. The first-order chi connectivity index (χ1) is 17.1. The van der Waals surface area contributed by atoms with Gasteiger partial charge in [-0.15, -0.1) is 0 Å². The second-order valence-corrected chi connectivity index (χ2v) is 10.5. The summed E-state index contributed by atoms with van der Waals surface area (Å²) >= 11 is 0. The third-order valence-corrected chi connectivity index (χ3v) is 6.51. The minimum absolute atomic E-state index is 0.0233. The van der Waals surface area contributed by atoms with Gasteiger partial charge in [0.1, 0.15) is 11.3 Å². The van der Waals surface area contributed by atoms with Gasteiger partial charge in [0.15, 0.2) is 5.03 Å². The van der Waals surface area contributed by atoms with Crippen LogP contribution in [-0.2, 0) is 16.6 Å². The van der Waals surface area contributed by atoms with E-state index in [1.54, 1.807) is 24.4 Å². The average Bonchev–Trinajstić information content (AvgIpc) is 3.29. The van der Waals surface area contributed by atoms with Crippen molar-refractivity contribution in [2.75, 3.05) is 0 Å². The van der Waals surface area contributed by atoms with Crippen molar-refractivity contribution in [2.24, 2.45) is 5.92 Å². The Kier molecular flexibility index (Phi) is 7.16. The highest BCUT2D eigenvalue weighted by Crippen LogP contribution is 2.30. The average molecular weight is 506 g/mol. The van der Waals surface area contributed by atoms with E-state index in [1.807, 2.05) is 36.9 Å². The molecule has 0 saturated carbocycles. The molecule has 0 aliphatic rings. The van der Waals surface area contributed by atoms with Crippen molar-refractivity contribution in [1.82, 2.24) is 24.5 Å². The summed E-state index contributed by atoms with van der Waals surface area (Å²) in [5.41, 5.74) is 3.15. The smallest absolute Gasteiger partial charge is 0.281 e. The molecule has 186 valence electrons. The Labute approximate surface area is 210 Å². The van der Waals surface area contributed by atoms with E-state index in [0.29, 0.717) is 17.4 Å². The lowest BCUT2D eigenvalue weighted by molar-refractivity contribution is 0.0978. The van der Waals surface area contributed by atoms with E-state index in [-0.39, 0.29) is 16.5 Å². The predicted octanol–water partition coefficient (Wildman–Crippen LogP) is 4.52. The number of nitrogens with zero attached hydrogens (tertiary/aromatic N) is 4. The first-order valence-corrected chi connectivity index (χ1v) is 12.9. The molecule has 0 saturated heterocycles. The number of ether oxygens (including phenoxy) is 1. The van der Waals surface area contributed by atoms with Gasteiger partial charge in [-0.2, -0.15) is 13.5 Å². The van der Waals surface area contributed by atoms with Crippen LogP contribution in [0.25, 0.3) is 11.3 Å². The van der Waals surface area contributed by atoms with Crippen molar-refractivity contribution in [3.05, 3.63) is 83.8 Å². The number of hydrogen-bond donors (Lipinski definition) is 1. The first kappa shape index (κ1) is 25.1. The van der Waals surface area contributed by atoms with E-state index < -0.39 is 15.9 Å². The van der Waals surface area contributed by atoms with Gasteiger partial charge >= 0.3 is 0 Å². The summed E-state index contributed by atoms with van der Waals surface area (Å²) in [7, 11) is -4.19. The molecule has 1 amide bonds. The monoisotopic (exact) mass is 505 g/mol. The fourth-order valence-electron chi connectivity index (χ4n) is 3.57. The van der Waals surface area contributed by atoms with E-state index in [2.05, 4.69) is 33.6 Å². The quantitative estimate of drug-likeness (QED) is 0.374. The maximum atomic E-state index is 13.1. The Hall–Kier alpha value is -4.05. The molecule has 10 heteroatoms. The van der Waals surface area contributed by atoms with Crippen molar-refractivity contribution in [3.63, 3.8) is 0 Å². The highest BCUT2D eigenvalue weighted by Gasteiger charge is 2.24. The van der Waals surface area contributed by atoms with Gasteiger partial charge in [0.05, 0.1) is 11.9 Å². The van der Waals surface area contributed by atoms with E-state index in [9.17, 15) is 13.2 Å². The number of hydrogen-bond acceptors (Lipinski definition) is 7. The predicted molar refractivity (Wildman–Crippen MR) is 135 cm³/mol. The van der Waals surface area contributed by atoms with Gasteiger partial charge in [0, 0.05) is 24.5 Å². The number of pyridine rings is 2. The summed E-state index contributed by atoms with van der Waals surface area (Å²) in [6, 6.07) is 13.1. The van der Waals surface area contributed by atoms with Crippen LogP contribution in [0.15, 0.2) is 72.1 Å². The highest BCUT2D eigenvalue weighted by molar-refractivity contribution is 7.90. The number of aryl methyl sites for hydroxylation is 2. The molecule has 3 aromatic heterocycles. The maximum absolute atomic E-state index is 13.1. The standard InChI is InChI=1S/C26H27N5O4S/c1-17(2)15-31-16-20(14-28-31)22-10-9-21(25(32)30-36(33,34)24-7-5-6-12-27-24)26(29-22)35-23-11-8-18(3)13-19(23)4/h5-14,16-17H,15H2,1-4H3,(H,30,32). The minimum atomic E-state index is -4.19. The van der Waals surface area contributed by atoms with Crippen molar-refractivity contribution < 1.29 is 17.9 Å². The summed E-state index contributed by atoms with van der Waals surface area (Å²) in [5, 5.41) is 4.11. The minimum Gasteiger partial charge on any atom is -0.438 e. The Morgan fingerprint density at radius 1 is 1.11 bits per heavy atom. The number of aromatic nitrogens is 4. The fourth-order valence-corrected chi connectivity index (χ4v) is 4.49. The molecular formula is C26H27N5O4S. The molecule has 4 rings (SSSR count). The van der Waals surface area contributed by atoms with Crippen molar-refractivity contribution >= 4 is 15.9 Å². The van der Waals surface area contributed by atoms with Gasteiger partial charge in [0.25, 0.3) is 15.9 Å². The molecule has 0 aliphatic carbocycles. The van der Waals surface area contributed by atoms with Gasteiger partial charge in [-0.25, -0.2) is 14.7 Å². The van der Waals surface area contributed by atoms with E-state index >= 15 is 0 Å². The topological polar surface area (TPSA) is 116 Å². The van der Waals surface area contributed by atoms with Gasteiger partial charge in [-0.1, -0.05) is 37.6 Å². The van der Waals surface area contributed by atoms with Crippen LogP contribution >= 0.6 is 0 Å². The number of nitrogens with one attached hydrogen (secondary N) is 1. The van der Waals surface area contributed by atoms with Crippen molar-refractivity contribution in [3.8, 4) is 22.9 Å². The van der Waals surface area contributed by atoms with Crippen molar-refractivity contribution in [2.45, 2.75) is 39.3 Å². The molecule has 1 N–H and O–H groups in total. The van der Waals surface area contributed by atoms with Gasteiger partial charge < -0.3 is 4.74 Å². The van der Waals surface area contributed by atoms with Crippen LogP contribution in [0.4, 0.5) is 0 Å². The van der Waals surface area contributed by atoms with E-state index in [4.69, 9.17) is 4.74 Å². The lowest BCUT2D eigenvalue weighted by Gasteiger charge is -2.14. The molecule has 0 unspecified atom stereocenters. The summed E-state index contributed by atoms with van der Waals surface area (Å²) in [5.74, 6) is 0.0170. The second kappa shape index (κ2) is 10.3. The van der Waals surface area contributed by atoms with Crippen LogP contribution in [0.2, 0.25) is 0 Å². The molecular weight excluding hydrogens is 478 g/mol. The Balaban J connectivity index is 1.72. The third-order valence-electron chi connectivity index (χ3n) is 5.26. The van der Waals surface area contributed by atoms with Gasteiger partial charge in [-0.3, -0.25) is 9.48 Å². The number of sulfonamides is 1. The largest absolute Gasteiger partial charge is 0.438 e. The van der Waals surface area contributed by atoms with Gasteiger partial charge in [-0.05, 0) is 55.7 Å². The molecule has 0 spiro atoms.